The second-order valence-electron chi connectivity index (χ2n) is 6.56. The van der Waals surface area contributed by atoms with Crippen LogP contribution in [-0.4, -0.2) is 38.6 Å². The van der Waals surface area contributed by atoms with Crippen LogP contribution < -0.4 is 9.62 Å². The molecule has 3 rings (SSSR count). The Morgan fingerprint density at radius 2 is 1.70 bits per heavy atom. The van der Waals surface area contributed by atoms with Gasteiger partial charge in [-0.3, -0.25) is 4.79 Å². The lowest BCUT2D eigenvalue weighted by molar-refractivity contribution is -0.122. The highest BCUT2D eigenvalue weighted by Gasteiger charge is 2.23. The Morgan fingerprint density at radius 1 is 1.07 bits per heavy atom. The van der Waals surface area contributed by atoms with Gasteiger partial charge in [0.15, 0.2) is 0 Å². The number of nitrogens with one attached hydrogen (secondary N) is 1. The number of hydrogen-bond acceptors (Lipinski definition) is 5. The number of anilines is 3. The normalized spacial score (nSPS) is 14.5. The topological polar surface area (TPSA) is 113 Å². The molecular formula is C19H18F2N2O6S. The van der Waals surface area contributed by atoms with Gasteiger partial charge >= 0.3 is 5.97 Å². The number of aromatic carboxylic acids is 1. The number of carboxylic acids is 1. The minimum Gasteiger partial charge on any atom is -0.478 e. The zero-order valence-electron chi connectivity index (χ0n) is 15.5. The van der Waals surface area contributed by atoms with Crippen LogP contribution in [0.3, 0.4) is 0 Å². The minimum absolute atomic E-state index is 0.0171. The summed E-state index contributed by atoms with van der Waals surface area (Å²) in [4.78, 5) is 23.2. The van der Waals surface area contributed by atoms with Crippen molar-refractivity contribution in [2.75, 3.05) is 22.8 Å². The first-order chi connectivity index (χ1) is 14.3. The number of ether oxygens (including phenoxy) is 1. The van der Waals surface area contributed by atoms with Crippen molar-refractivity contribution in [2.24, 2.45) is 5.92 Å². The van der Waals surface area contributed by atoms with Crippen molar-refractivity contribution < 1.29 is 36.6 Å². The molecule has 0 unspecified atom stereocenters. The standard InChI is InChI=1S/C19H18F2N2O6S/c20-15-10-17(16(21)9-14(15)19(25)26)23(30(27)28)13-3-1-12(2-4-13)22-18(24)11-5-7-29-8-6-11/h1-4,9-11,30H,5-8H2,(H,22,24)(H,25,26). The lowest BCUT2D eigenvalue weighted by atomic mass is 9.99. The van der Waals surface area contributed by atoms with Gasteiger partial charge < -0.3 is 15.2 Å². The first-order valence-corrected chi connectivity index (χ1v) is 10.1. The molecular weight excluding hydrogens is 422 g/mol. The van der Waals surface area contributed by atoms with Crippen molar-refractivity contribution >= 4 is 39.8 Å². The number of benzene rings is 2. The van der Waals surface area contributed by atoms with E-state index in [9.17, 15) is 26.8 Å². The fraction of sp³-hybridized carbons (Fsp3) is 0.263. The Hall–Kier alpha value is -3.05. The molecule has 2 aromatic rings. The van der Waals surface area contributed by atoms with Crippen LogP contribution in [0, 0.1) is 17.6 Å². The van der Waals surface area contributed by atoms with Gasteiger partial charge in [-0.15, -0.1) is 0 Å². The zero-order valence-corrected chi connectivity index (χ0v) is 16.4. The van der Waals surface area contributed by atoms with Crippen LogP contribution >= 0.6 is 0 Å². The van der Waals surface area contributed by atoms with E-state index in [1.165, 1.54) is 24.3 Å². The average Bonchev–Trinajstić information content (AvgIpc) is 2.72. The highest BCUT2D eigenvalue weighted by molar-refractivity contribution is 7.74. The molecule has 30 heavy (non-hydrogen) atoms. The van der Waals surface area contributed by atoms with Gasteiger partial charge in [0.05, 0.1) is 16.9 Å². The molecule has 8 nitrogen and oxygen atoms in total. The number of carbonyl (C=O) groups excluding carboxylic acids is 1. The van der Waals surface area contributed by atoms with E-state index >= 15 is 0 Å². The zero-order chi connectivity index (χ0) is 21.8. The molecule has 1 aliphatic heterocycles. The fourth-order valence-corrected chi connectivity index (χ4v) is 3.73. The van der Waals surface area contributed by atoms with E-state index < -0.39 is 39.7 Å². The Balaban J connectivity index is 1.84. The summed E-state index contributed by atoms with van der Waals surface area (Å²) in [6.45, 7) is 1.01. The number of hydrogen-bond donors (Lipinski definition) is 3. The smallest absolute Gasteiger partial charge is 0.338 e. The van der Waals surface area contributed by atoms with Gasteiger partial charge in [-0.25, -0.2) is 26.3 Å². The third kappa shape index (κ3) is 4.74. The predicted molar refractivity (Wildman–Crippen MR) is 104 cm³/mol. The predicted octanol–water partition coefficient (Wildman–Crippen LogP) is 2.69. The molecule has 1 aliphatic rings. The maximum atomic E-state index is 14.3. The minimum atomic E-state index is -3.43. The van der Waals surface area contributed by atoms with Crippen LogP contribution in [0.2, 0.25) is 0 Å². The van der Waals surface area contributed by atoms with Crippen molar-refractivity contribution in [3.8, 4) is 0 Å². The molecule has 0 aromatic heterocycles. The highest BCUT2D eigenvalue weighted by atomic mass is 32.2. The molecule has 2 aromatic carbocycles. The van der Waals surface area contributed by atoms with E-state index in [-0.39, 0.29) is 17.5 Å². The lowest BCUT2D eigenvalue weighted by Crippen LogP contribution is -2.28. The molecule has 160 valence electrons. The average molecular weight is 440 g/mol. The Labute approximate surface area is 172 Å². The van der Waals surface area contributed by atoms with Crippen LogP contribution in [0.5, 0.6) is 0 Å². The third-order valence-corrected chi connectivity index (χ3v) is 5.40. The second-order valence-corrected chi connectivity index (χ2v) is 7.44. The highest BCUT2D eigenvalue weighted by Crippen LogP contribution is 2.31. The lowest BCUT2D eigenvalue weighted by Gasteiger charge is -2.22. The molecule has 1 heterocycles. The van der Waals surface area contributed by atoms with Crippen molar-refractivity contribution in [1.29, 1.82) is 0 Å². The number of carbonyl (C=O) groups is 2. The number of nitrogens with zero attached hydrogens (tertiary/aromatic N) is 1. The van der Waals surface area contributed by atoms with Crippen molar-refractivity contribution in [3.05, 3.63) is 53.6 Å². The van der Waals surface area contributed by atoms with E-state index in [0.717, 1.165) is 0 Å². The summed E-state index contributed by atoms with van der Waals surface area (Å²) in [6.07, 6.45) is 1.21. The van der Waals surface area contributed by atoms with E-state index in [1.54, 1.807) is 0 Å². The van der Waals surface area contributed by atoms with Crippen LogP contribution in [0.15, 0.2) is 36.4 Å². The van der Waals surface area contributed by atoms with Gasteiger partial charge in [-0.2, -0.15) is 0 Å². The van der Waals surface area contributed by atoms with Gasteiger partial charge in [-0.1, -0.05) is 0 Å². The molecule has 1 amide bonds. The number of halogens is 2. The fourth-order valence-electron chi connectivity index (χ4n) is 3.07. The molecule has 11 heteroatoms. The quantitative estimate of drug-likeness (QED) is 0.596. The number of thiol groups is 1. The molecule has 1 fully saturated rings. The summed E-state index contributed by atoms with van der Waals surface area (Å²) in [7, 11) is -3.43. The number of rotatable bonds is 6. The summed E-state index contributed by atoms with van der Waals surface area (Å²) in [5.74, 6) is -4.54. The molecule has 0 radical (unpaired) electrons. The van der Waals surface area contributed by atoms with Crippen LogP contribution in [0.1, 0.15) is 23.2 Å². The van der Waals surface area contributed by atoms with E-state index in [0.29, 0.717) is 48.2 Å². The van der Waals surface area contributed by atoms with Gasteiger partial charge in [-0.05, 0) is 43.2 Å². The van der Waals surface area contributed by atoms with Crippen molar-refractivity contribution in [1.82, 2.24) is 0 Å². The van der Waals surface area contributed by atoms with E-state index in [1.807, 2.05) is 0 Å². The SMILES string of the molecule is O=C(O)c1cc(F)c(N(c2ccc(NC(=O)C3CCOCC3)cc2)[SH](=O)=O)cc1F. The summed E-state index contributed by atoms with van der Waals surface area (Å²) < 4.78 is 57.5. The Morgan fingerprint density at radius 3 is 2.27 bits per heavy atom. The summed E-state index contributed by atoms with van der Waals surface area (Å²) in [6, 6.07) is 6.41. The van der Waals surface area contributed by atoms with E-state index in [2.05, 4.69) is 5.32 Å². The Kier molecular flexibility index (Phi) is 6.63. The van der Waals surface area contributed by atoms with Crippen LogP contribution in [-0.2, 0) is 20.4 Å². The maximum absolute atomic E-state index is 14.3. The first-order valence-electron chi connectivity index (χ1n) is 8.93. The van der Waals surface area contributed by atoms with Crippen LogP contribution in [0.25, 0.3) is 0 Å². The molecule has 1 saturated heterocycles. The van der Waals surface area contributed by atoms with Crippen molar-refractivity contribution in [3.63, 3.8) is 0 Å². The molecule has 0 saturated carbocycles. The van der Waals surface area contributed by atoms with Crippen LogP contribution in [0.4, 0.5) is 25.8 Å². The van der Waals surface area contributed by atoms with Gasteiger partial charge in [0, 0.05) is 30.9 Å². The molecule has 2 N–H and O–H groups in total. The molecule has 0 spiro atoms. The summed E-state index contributed by atoms with van der Waals surface area (Å²) in [5.41, 5.74) is -1.18. The summed E-state index contributed by atoms with van der Waals surface area (Å²) in [5, 5.41) is 11.6. The summed E-state index contributed by atoms with van der Waals surface area (Å²) >= 11 is 0. The largest absolute Gasteiger partial charge is 0.478 e. The van der Waals surface area contributed by atoms with E-state index in [4.69, 9.17) is 9.84 Å². The maximum Gasteiger partial charge on any atom is 0.338 e. The second kappa shape index (κ2) is 9.18. The van der Waals surface area contributed by atoms with Gasteiger partial charge in [0.2, 0.25) is 16.8 Å². The Bertz CT molecular complexity index is 1030. The number of amides is 1. The first kappa shape index (κ1) is 21.7. The molecule has 0 aliphatic carbocycles. The third-order valence-electron chi connectivity index (χ3n) is 4.63. The van der Waals surface area contributed by atoms with Crippen molar-refractivity contribution in [2.45, 2.75) is 12.8 Å². The molecule has 0 bridgehead atoms. The number of carboxylic acid groups (broad SMARTS) is 1. The monoisotopic (exact) mass is 440 g/mol. The molecule has 0 atom stereocenters. The van der Waals surface area contributed by atoms with Gasteiger partial charge in [0.1, 0.15) is 11.6 Å². The van der Waals surface area contributed by atoms with Gasteiger partial charge in [0.25, 0.3) is 0 Å².